The molecule has 0 aliphatic heterocycles. The van der Waals surface area contributed by atoms with Crippen molar-refractivity contribution in [1.82, 2.24) is 5.32 Å². The van der Waals surface area contributed by atoms with Crippen LogP contribution in [-0.2, 0) is 11.0 Å². The highest BCUT2D eigenvalue weighted by molar-refractivity contribution is 5.83. The molecule has 4 bridgehead atoms. The second kappa shape index (κ2) is 6.33. The molecule has 1 aromatic rings. The lowest BCUT2D eigenvalue weighted by molar-refractivity contribution is -0.146. The zero-order valence-electron chi connectivity index (χ0n) is 14.5. The Hall–Kier alpha value is -1.96. The average Bonchev–Trinajstić information content (AvgIpc) is 2.57. The van der Waals surface area contributed by atoms with Crippen molar-refractivity contribution in [3.63, 3.8) is 0 Å². The first-order valence-electron chi connectivity index (χ1n) is 9.28. The summed E-state index contributed by atoms with van der Waals surface area (Å²) in [7, 11) is 0. The summed E-state index contributed by atoms with van der Waals surface area (Å²) in [4.78, 5) is 12.8. The Labute approximate surface area is 151 Å². The van der Waals surface area contributed by atoms with E-state index in [2.05, 4.69) is 17.2 Å². The standard InChI is InChI=1S/C21H22F3NO/c22-21(23,24)18-5-1-3-14(10-18)4-2-6-25-19(26)20-11-15-7-16(12-20)9-17(8-15)13-20/h1,3,5,10,15-17H,6-9,11-13H2,(H,25,26). The molecule has 0 unspecified atom stereocenters. The molecular formula is C21H22F3NO. The molecule has 2 nitrogen and oxygen atoms in total. The number of halogens is 3. The minimum absolute atomic E-state index is 0.0925. The first kappa shape index (κ1) is 17.5. The van der Waals surface area contributed by atoms with E-state index in [1.54, 1.807) is 6.07 Å². The predicted octanol–water partition coefficient (Wildman–Crippen LogP) is 4.39. The number of hydrogen-bond donors (Lipinski definition) is 1. The molecule has 5 rings (SSSR count). The highest BCUT2D eigenvalue weighted by atomic mass is 19.4. The van der Waals surface area contributed by atoms with Gasteiger partial charge in [-0.05, 0) is 74.5 Å². The van der Waals surface area contributed by atoms with Crippen molar-refractivity contribution in [1.29, 1.82) is 0 Å². The normalized spacial score (nSPS) is 32.0. The Morgan fingerprint density at radius 2 is 1.73 bits per heavy atom. The fourth-order valence-corrected chi connectivity index (χ4v) is 5.62. The first-order chi connectivity index (χ1) is 12.3. The van der Waals surface area contributed by atoms with Gasteiger partial charge in [-0.25, -0.2) is 0 Å². The van der Waals surface area contributed by atoms with Crippen LogP contribution in [0.5, 0.6) is 0 Å². The SMILES string of the molecule is O=C(NCC#Cc1cccc(C(F)(F)F)c1)C12CC3CC(CC(C3)C1)C2. The van der Waals surface area contributed by atoms with E-state index in [9.17, 15) is 18.0 Å². The second-order valence-electron chi connectivity index (χ2n) is 8.26. The van der Waals surface area contributed by atoms with Gasteiger partial charge in [0.05, 0.1) is 12.1 Å². The highest BCUT2D eigenvalue weighted by Gasteiger charge is 2.54. The maximum atomic E-state index is 12.8. The third-order valence-corrected chi connectivity index (χ3v) is 6.28. The summed E-state index contributed by atoms with van der Waals surface area (Å²) in [6, 6.07) is 4.96. The van der Waals surface area contributed by atoms with Crippen molar-refractivity contribution in [2.75, 3.05) is 6.54 Å². The number of alkyl halides is 3. The van der Waals surface area contributed by atoms with Crippen LogP contribution in [0.25, 0.3) is 0 Å². The lowest BCUT2D eigenvalue weighted by atomic mass is 9.49. The number of rotatable bonds is 2. The van der Waals surface area contributed by atoms with E-state index in [0.717, 1.165) is 31.4 Å². The van der Waals surface area contributed by atoms with E-state index in [-0.39, 0.29) is 17.9 Å². The summed E-state index contributed by atoms with van der Waals surface area (Å²) in [6.07, 6.45) is 2.44. The minimum Gasteiger partial charge on any atom is -0.345 e. The Morgan fingerprint density at radius 1 is 1.12 bits per heavy atom. The smallest absolute Gasteiger partial charge is 0.345 e. The van der Waals surface area contributed by atoms with Gasteiger partial charge in [-0.1, -0.05) is 17.9 Å². The third-order valence-electron chi connectivity index (χ3n) is 6.28. The average molecular weight is 361 g/mol. The second-order valence-corrected chi connectivity index (χ2v) is 8.26. The van der Waals surface area contributed by atoms with Crippen LogP contribution in [0.3, 0.4) is 0 Å². The van der Waals surface area contributed by atoms with Gasteiger partial charge < -0.3 is 5.32 Å². The summed E-state index contributed by atoms with van der Waals surface area (Å²) in [5, 5.41) is 2.92. The summed E-state index contributed by atoms with van der Waals surface area (Å²) in [5.74, 6) is 7.70. The van der Waals surface area contributed by atoms with Gasteiger partial charge in [-0.3, -0.25) is 4.79 Å². The zero-order valence-corrected chi connectivity index (χ0v) is 14.5. The van der Waals surface area contributed by atoms with Gasteiger partial charge in [-0.2, -0.15) is 13.2 Å². The van der Waals surface area contributed by atoms with E-state index in [4.69, 9.17) is 0 Å². The van der Waals surface area contributed by atoms with Crippen LogP contribution >= 0.6 is 0 Å². The Kier molecular flexibility index (Phi) is 4.25. The van der Waals surface area contributed by atoms with Crippen molar-refractivity contribution in [2.45, 2.75) is 44.7 Å². The van der Waals surface area contributed by atoms with Crippen molar-refractivity contribution >= 4 is 5.91 Å². The van der Waals surface area contributed by atoms with E-state index < -0.39 is 11.7 Å². The number of benzene rings is 1. The molecule has 0 saturated heterocycles. The number of carbonyl (C=O) groups is 1. The molecule has 0 spiro atoms. The summed E-state index contributed by atoms with van der Waals surface area (Å²) >= 11 is 0. The lowest BCUT2D eigenvalue weighted by Gasteiger charge is -2.55. The van der Waals surface area contributed by atoms with Crippen molar-refractivity contribution < 1.29 is 18.0 Å². The van der Waals surface area contributed by atoms with Crippen LogP contribution in [0.15, 0.2) is 24.3 Å². The van der Waals surface area contributed by atoms with Crippen molar-refractivity contribution in [3.05, 3.63) is 35.4 Å². The maximum Gasteiger partial charge on any atom is 0.416 e. The molecule has 0 atom stereocenters. The van der Waals surface area contributed by atoms with Crippen LogP contribution < -0.4 is 5.32 Å². The zero-order chi connectivity index (χ0) is 18.4. The molecule has 4 aliphatic rings. The molecule has 1 amide bonds. The van der Waals surface area contributed by atoms with Crippen LogP contribution in [-0.4, -0.2) is 12.5 Å². The molecular weight excluding hydrogens is 339 g/mol. The molecule has 0 radical (unpaired) electrons. The van der Waals surface area contributed by atoms with E-state index in [1.807, 2.05) is 0 Å². The van der Waals surface area contributed by atoms with Gasteiger partial charge in [0.15, 0.2) is 0 Å². The molecule has 0 aromatic heterocycles. The summed E-state index contributed by atoms with van der Waals surface area (Å²) < 4.78 is 38.1. The molecule has 4 aliphatic carbocycles. The van der Waals surface area contributed by atoms with Crippen molar-refractivity contribution in [3.8, 4) is 11.8 Å². The van der Waals surface area contributed by atoms with Gasteiger partial charge in [0, 0.05) is 11.0 Å². The molecule has 26 heavy (non-hydrogen) atoms. The fourth-order valence-electron chi connectivity index (χ4n) is 5.62. The van der Waals surface area contributed by atoms with Crippen LogP contribution in [0.1, 0.15) is 49.7 Å². The Balaban J connectivity index is 1.37. The van der Waals surface area contributed by atoms with E-state index in [1.165, 1.54) is 25.3 Å². The van der Waals surface area contributed by atoms with Gasteiger partial charge in [0.25, 0.3) is 0 Å². The molecule has 4 fully saturated rings. The summed E-state index contributed by atoms with van der Waals surface area (Å²) in [6.45, 7) is 0.177. The predicted molar refractivity (Wildman–Crippen MR) is 91.9 cm³/mol. The van der Waals surface area contributed by atoms with E-state index in [0.29, 0.717) is 23.3 Å². The number of amides is 1. The molecule has 5 heteroatoms. The number of hydrogen-bond acceptors (Lipinski definition) is 1. The van der Waals surface area contributed by atoms with Gasteiger partial charge >= 0.3 is 6.18 Å². The quantitative estimate of drug-likeness (QED) is 0.778. The first-order valence-corrected chi connectivity index (χ1v) is 9.28. The van der Waals surface area contributed by atoms with E-state index >= 15 is 0 Å². The maximum absolute atomic E-state index is 12.8. The topological polar surface area (TPSA) is 29.1 Å². The molecule has 138 valence electrons. The molecule has 1 N–H and O–H groups in total. The van der Waals surface area contributed by atoms with Gasteiger partial charge in [0.2, 0.25) is 5.91 Å². The largest absolute Gasteiger partial charge is 0.416 e. The molecule has 4 saturated carbocycles. The Morgan fingerprint density at radius 3 is 2.31 bits per heavy atom. The van der Waals surface area contributed by atoms with Gasteiger partial charge in [0.1, 0.15) is 0 Å². The molecule has 0 heterocycles. The fraction of sp³-hybridized carbons (Fsp3) is 0.571. The minimum atomic E-state index is -4.37. The highest BCUT2D eigenvalue weighted by Crippen LogP contribution is 2.60. The third kappa shape index (κ3) is 3.34. The van der Waals surface area contributed by atoms with Gasteiger partial charge in [-0.15, -0.1) is 0 Å². The number of nitrogens with one attached hydrogen (secondary N) is 1. The Bertz CT molecular complexity index is 736. The lowest BCUT2D eigenvalue weighted by Crippen LogP contribution is -2.53. The number of carbonyl (C=O) groups excluding carboxylic acids is 1. The monoisotopic (exact) mass is 361 g/mol. The van der Waals surface area contributed by atoms with Crippen molar-refractivity contribution in [2.24, 2.45) is 23.2 Å². The summed E-state index contributed by atoms with van der Waals surface area (Å²) in [5.41, 5.74) is -0.613. The van der Waals surface area contributed by atoms with Crippen LogP contribution in [0.4, 0.5) is 13.2 Å². The molecule has 1 aromatic carbocycles. The van der Waals surface area contributed by atoms with Crippen LogP contribution in [0, 0.1) is 35.0 Å². The van der Waals surface area contributed by atoms with Crippen LogP contribution in [0.2, 0.25) is 0 Å².